The molecule has 2 heterocycles. The second-order valence-electron chi connectivity index (χ2n) is 6.88. The first-order valence-corrected chi connectivity index (χ1v) is 10.4. The molecule has 1 saturated heterocycles. The third-order valence-corrected chi connectivity index (χ3v) is 5.53. The van der Waals surface area contributed by atoms with E-state index in [4.69, 9.17) is 4.42 Å². The van der Waals surface area contributed by atoms with E-state index < -0.39 is 35.4 Å². The highest BCUT2D eigenvalue weighted by atomic mass is 32.2. The summed E-state index contributed by atoms with van der Waals surface area (Å²) in [6, 6.07) is 14.5. The van der Waals surface area contributed by atoms with Gasteiger partial charge in [0.2, 0.25) is 5.91 Å². The van der Waals surface area contributed by atoms with Crippen molar-refractivity contribution in [3.63, 3.8) is 0 Å². The number of carboxylic acid groups (broad SMARTS) is 1. The third-order valence-electron chi connectivity index (χ3n) is 4.63. The molecule has 33 heavy (non-hydrogen) atoms. The highest BCUT2D eigenvalue weighted by Crippen LogP contribution is 2.33. The van der Waals surface area contributed by atoms with E-state index in [9.17, 15) is 28.7 Å². The topological polar surface area (TPSA) is 117 Å². The number of hydrogen-bond acceptors (Lipinski definition) is 6. The Bertz CT molecular complexity index is 1300. The Morgan fingerprint density at radius 3 is 2.52 bits per heavy atom. The zero-order valence-corrected chi connectivity index (χ0v) is 17.6. The fraction of sp³-hybridized carbons (Fsp3) is 0.0435. The highest BCUT2D eigenvalue weighted by Gasteiger charge is 2.36. The SMILES string of the molecule is O=C(CN1C(=O)S/C(=C\c2ccc(-c3ccccc3C(=O)O)o2)C1=O)Nc1ccc(F)cc1. The molecular formula is C23H15FN2O6S. The van der Waals surface area contributed by atoms with Gasteiger partial charge in [-0.15, -0.1) is 0 Å². The van der Waals surface area contributed by atoms with Crippen LogP contribution in [0.25, 0.3) is 17.4 Å². The Hall–Kier alpha value is -4.18. The molecule has 1 aliphatic rings. The minimum atomic E-state index is -1.11. The second kappa shape index (κ2) is 9.13. The molecule has 1 aromatic heterocycles. The number of anilines is 1. The number of rotatable bonds is 6. The average molecular weight is 466 g/mol. The molecule has 2 aromatic carbocycles. The van der Waals surface area contributed by atoms with Crippen molar-refractivity contribution < 1.29 is 33.1 Å². The third kappa shape index (κ3) is 4.85. The molecule has 0 spiro atoms. The zero-order chi connectivity index (χ0) is 23.5. The molecule has 3 aromatic rings. The Labute approximate surface area is 190 Å². The van der Waals surface area contributed by atoms with Gasteiger partial charge in [0.15, 0.2) is 0 Å². The summed E-state index contributed by atoms with van der Waals surface area (Å²) in [6.45, 7) is -0.505. The monoisotopic (exact) mass is 466 g/mol. The van der Waals surface area contributed by atoms with Gasteiger partial charge in [0, 0.05) is 17.3 Å². The van der Waals surface area contributed by atoms with E-state index in [-0.39, 0.29) is 22.0 Å². The van der Waals surface area contributed by atoms with Crippen LogP contribution >= 0.6 is 11.8 Å². The molecular weight excluding hydrogens is 451 g/mol. The summed E-state index contributed by atoms with van der Waals surface area (Å²) in [5.41, 5.74) is 0.759. The molecule has 1 aliphatic heterocycles. The van der Waals surface area contributed by atoms with Crippen LogP contribution in [-0.2, 0) is 9.59 Å². The minimum Gasteiger partial charge on any atom is -0.478 e. The summed E-state index contributed by atoms with van der Waals surface area (Å²) in [7, 11) is 0. The van der Waals surface area contributed by atoms with E-state index in [1.54, 1.807) is 30.3 Å². The smallest absolute Gasteiger partial charge is 0.336 e. The molecule has 166 valence electrons. The number of carboxylic acids is 1. The van der Waals surface area contributed by atoms with Crippen molar-refractivity contribution in [3.05, 3.63) is 82.7 Å². The van der Waals surface area contributed by atoms with Gasteiger partial charge in [-0.3, -0.25) is 19.3 Å². The van der Waals surface area contributed by atoms with Gasteiger partial charge in [-0.05, 0) is 54.2 Å². The number of amides is 3. The predicted octanol–water partition coefficient (Wildman–Crippen LogP) is 4.46. The van der Waals surface area contributed by atoms with E-state index in [1.807, 2.05) is 0 Å². The first-order valence-electron chi connectivity index (χ1n) is 9.55. The van der Waals surface area contributed by atoms with Crippen LogP contribution in [0.1, 0.15) is 16.1 Å². The van der Waals surface area contributed by atoms with Gasteiger partial charge in [-0.1, -0.05) is 18.2 Å². The van der Waals surface area contributed by atoms with E-state index in [0.29, 0.717) is 23.0 Å². The molecule has 0 radical (unpaired) electrons. The number of thioether (sulfide) groups is 1. The van der Waals surface area contributed by atoms with Gasteiger partial charge in [-0.2, -0.15) is 0 Å². The summed E-state index contributed by atoms with van der Waals surface area (Å²) >= 11 is 0.655. The van der Waals surface area contributed by atoms with Gasteiger partial charge < -0.3 is 14.8 Å². The molecule has 1 fully saturated rings. The molecule has 0 aliphatic carbocycles. The number of hydrogen-bond donors (Lipinski definition) is 2. The number of imide groups is 1. The maximum atomic E-state index is 13.0. The standard InChI is InChI=1S/C23H15FN2O6S/c24-13-5-7-14(8-6-13)25-20(27)12-26-21(28)19(33-23(26)31)11-15-9-10-18(32-15)16-3-1-2-4-17(16)22(29)30/h1-11H,12H2,(H,25,27)(H,29,30)/b19-11-. The maximum Gasteiger partial charge on any atom is 0.336 e. The van der Waals surface area contributed by atoms with Gasteiger partial charge in [-0.25, -0.2) is 9.18 Å². The van der Waals surface area contributed by atoms with Crippen LogP contribution in [0.15, 0.2) is 70.0 Å². The number of nitrogens with one attached hydrogen (secondary N) is 1. The lowest BCUT2D eigenvalue weighted by molar-refractivity contribution is -0.127. The van der Waals surface area contributed by atoms with Crippen LogP contribution in [-0.4, -0.2) is 39.6 Å². The number of benzene rings is 2. The lowest BCUT2D eigenvalue weighted by Crippen LogP contribution is -2.36. The van der Waals surface area contributed by atoms with Gasteiger partial charge in [0.1, 0.15) is 23.9 Å². The quantitative estimate of drug-likeness (QED) is 0.515. The fourth-order valence-electron chi connectivity index (χ4n) is 3.10. The van der Waals surface area contributed by atoms with Crippen molar-refractivity contribution in [2.45, 2.75) is 0 Å². The number of aromatic carboxylic acids is 1. The second-order valence-corrected chi connectivity index (χ2v) is 7.87. The molecule has 0 atom stereocenters. The van der Waals surface area contributed by atoms with Crippen LogP contribution in [0, 0.1) is 5.82 Å². The summed E-state index contributed by atoms with van der Waals surface area (Å²) < 4.78 is 18.6. The number of nitrogens with zero attached hydrogens (tertiary/aromatic N) is 1. The lowest BCUT2D eigenvalue weighted by Gasteiger charge is -2.12. The molecule has 3 amide bonds. The zero-order valence-electron chi connectivity index (χ0n) is 16.8. The Morgan fingerprint density at radius 2 is 1.79 bits per heavy atom. The number of carbonyl (C=O) groups excluding carboxylic acids is 3. The highest BCUT2D eigenvalue weighted by molar-refractivity contribution is 8.18. The van der Waals surface area contributed by atoms with Gasteiger partial charge >= 0.3 is 5.97 Å². The average Bonchev–Trinajstić information content (AvgIpc) is 3.35. The Kier molecular flexibility index (Phi) is 6.09. The van der Waals surface area contributed by atoms with Crippen molar-refractivity contribution >= 4 is 46.5 Å². The largest absolute Gasteiger partial charge is 0.478 e. The van der Waals surface area contributed by atoms with Crippen molar-refractivity contribution in [2.75, 3.05) is 11.9 Å². The normalized spacial score (nSPS) is 14.7. The number of halogens is 1. The molecule has 0 bridgehead atoms. The van der Waals surface area contributed by atoms with Crippen LogP contribution < -0.4 is 5.32 Å². The molecule has 0 saturated carbocycles. The van der Waals surface area contributed by atoms with Crippen LogP contribution in [0.3, 0.4) is 0 Å². The molecule has 2 N–H and O–H groups in total. The Morgan fingerprint density at radius 1 is 1.06 bits per heavy atom. The van der Waals surface area contributed by atoms with Crippen LogP contribution in [0.4, 0.5) is 14.9 Å². The van der Waals surface area contributed by atoms with Crippen molar-refractivity contribution in [1.82, 2.24) is 4.90 Å². The van der Waals surface area contributed by atoms with Crippen LogP contribution in [0.5, 0.6) is 0 Å². The van der Waals surface area contributed by atoms with E-state index in [1.165, 1.54) is 36.4 Å². The molecule has 10 heteroatoms. The van der Waals surface area contributed by atoms with Gasteiger partial charge in [0.25, 0.3) is 11.1 Å². The molecule has 4 rings (SSSR count). The first kappa shape index (κ1) is 22.0. The van der Waals surface area contributed by atoms with E-state index in [0.717, 1.165) is 4.90 Å². The molecule has 8 nitrogen and oxygen atoms in total. The van der Waals surface area contributed by atoms with Crippen LogP contribution in [0.2, 0.25) is 0 Å². The summed E-state index contributed by atoms with van der Waals surface area (Å²) in [6.07, 6.45) is 1.36. The van der Waals surface area contributed by atoms with Gasteiger partial charge in [0.05, 0.1) is 10.5 Å². The summed E-state index contributed by atoms with van der Waals surface area (Å²) in [5.74, 6) is -2.32. The lowest BCUT2D eigenvalue weighted by atomic mass is 10.1. The Balaban J connectivity index is 1.48. The van der Waals surface area contributed by atoms with Crippen molar-refractivity contribution in [3.8, 4) is 11.3 Å². The number of carbonyl (C=O) groups is 4. The van der Waals surface area contributed by atoms with E-state index >= 15 is 0 Å². The molecule has 0 unspecified atom stereocenters. The summed E-state index contributed by atoms with van der Waals surface area (Å²) in [5, 5.41) is 11.2. The van der Waals surface area contributed by atoms with E-state index in [2.05, 4.69) is 5.32 Å². The minimum absolute atomic E-state index is 0.0574. The first-order chi connectivity index (χ1) is 15.8. The fourth-order valence-corrected chi connectivity index (χ4v) is 3.92. The number of furan rings is 1. The predicted molar refractivity (Wildman–Crippen MR) is 119 cm³/mol. The van der Waals surface area contributed by atoms with Crippen molar-refractivity contribution in [1.29, 1.82) is 0 Å². The summed E-state index contributed by atoms with van der Waals surface area (Å²) in [4.78, 5) is 49.4. The van der Waals surface area contributed by atoms with Crippen molar-refractivity contribution in [2.24, 2.45) is 0 Å². The maximum absolute atomic E-state index is 13.0.